The van der Waals surface area contributed by atoms with Crippen molar-refractivity contribution in [3.63, 3.8) is 0 Å². The van der Waals surface area contributed by atoms with Gasteiger partial charge in [-0.3, -0.25) is 0 Å². The van der Waals surface area contributed by atoms with Crippen LogP contribution in [0.5, 0.6) is 0 Å². The highest BCUT2D eigenvalue weighted by molar-refractivity contribution is 7.86. The van der Waals surface area contributed by atoms with Crippen molar-refractivity contribution in [3.05, 3.63) is 242 Å². The number of carbonyl (C=O) groups excluding carboxylic acids is 2. The lowest BCUT2D eigenvalue weighted by atomic mass is 9.87. The minimum Gasteiger partial charge on any atom is -0.465 e. The van der Waals surface area contributed by atoms with E-state index in [1.807, 2.05) is 170 Å². The zero-order valence-electron chi connectivity index (χ0n) is 37.3. The fourth-order valence-corrected chi connectivity index (χ4v) is 15.2. The van der Waals surface area contributed by atoms with E-state index in [0.29, 0.717) is 54.1 Å². The van der Waals surface area contributed by atoms with E-state index in [1.54, 1.807) is 24.3 Å². The SMILES string of the molecule is COC(=O)c1ccc(-c2cc(P(=O)(c3ccccc3)c3ccccc3)c(-c3c(P(=O)(c4ccccc4)c4ccccc4)cc(-c4ccc(C(=O)OC)cc4)c4ccccc34)c3ccccc23)cc1. The Morgan fingerprint density at radius 1 is 0.338 bits per heavy atom. The lowest BCUT2D eigenvalue weighted by Crippen LogP contribution is -2.30. The summed E-state index contributed by atoms with van der Waals surface area (Å²) in [7, 11) is -4.98. The predicted octanol–water partition coefficient (Wildman–Crippen LogP) is 11.8. The first-order valence-electron chi connectivity index (χ1n) is 22.2. The maximum absolute atomic E-state index is 17.3. The molecule has 10 aromatic rings. The summed E-state index contributed by atoms with van der Waals surface area (Å²) in [5, 5.41) is 7.03. The lowest BCUT2D eigenvalue weighted by molar-refractivity contribution is 0.0592. The van der Waals surface area contributed by atoms with E-state index in [4.69, 9.17) is 9.47 Å². The number of methoxy groups -OCH3 is 2. The Morgan fingerprint density at radius 2 is 0.603 bits per heavy atom. The van der Waals surface area contributed by atoms with Crippen LogP contribution in [0.15, 0.2) is 231 Å². The topological polar surface area (TPSA) is 86.7 Å². The minimum absolute atomic E-state index is 0.408. The fraction of sp³-hybridized carbons (Fsp3) is 0.0333. The third kappa shape index (κ3) is 7.58. The Balaban J connectivity index is 1.44. The number of hydrogen-bond acceptors (Lipinski definition) is 6. The van der Waals surface area contributed by atoms with Crippen LogP contribution in [0.2, 0.25) is 0 Å². The van der Waals surface area contributed by atoms with Gasteiger partial charge in [-0.2, -0.15) is 0 Å². The normalized spacial score (nSPS) is 11.6. The van der Waals surface area contributed by atoms with Crippen LogP contribution in [-0.2, 0) is 18.6 Å². The second-order valence-corrected chi connectivity index (χ2v) is 21.9. The maximum Gasteiger partial charge on any atom is 0.337 e. The molecule has 0 aliphatic heterocycles. The van der Waals surface area contributed by atoms with E-state index in [2.05, 4.69) is 36.4 Å². The first-order valence-corrected chi connectivity index (χ1v) is 25.6. The molecule has 0 unspecified atom stereocenters. The van der Waals surface area contributed by atoms with E-state index in [-0.39, 0.29) is 0 Å². The number of fused-ring (bicyclic) bond motifs is 2. The number of carbonyl (C=O) groups is 2. The molecule has 0 bridgehead atoms. The molecule has 0 radical (unpaired) electrons. The second kappa shape index (κ2) is 18.4. The van der Waals surface area contributed by atoms with E-state index in [9.17, 15) is 9.59 Å². The Hall–Kier alpha value is -7.88. The van der Waals surface area contributed by atoms with Crippen molar-refractivity contribution in [3.8, 4) is 33.4 Å². The molecule has 330 valence electrons. The van der Waals surface area contributed by atoms with Crippen LogP contribution in [0, 0.1) is 0 Å². The molecule has 10 rings (SSSR count). The average Bonchev–Trinajstić information content (AvgIpc) is 3.42. The number of esters is 2. The Bertz CT molecular complexity index is 3270. The first-order chi connectivity index (χ1) is 33.2. The van der Waals surface area contributed by atoms with Crippen LogP contribution < -0.4 is 31.8 Å². The molecule has 6 nitrogen and oxygen atoms in total. The summed E-state index contributed by atoms with van der Waals surface area (Å²) in [6, 6.07) is 73.3. The second-order valence-electron chi connectivity index (χ2n) is 16.4. The maximum atomic E-state index is 17.3. The Kier molecular flexibility index (Phi) is 11.9. The highest BCUT2D eigenvalue weighted by Crippen LogP contribution is 2.54. The van der Waals surface area contributed by atoms with Gasteiger partial charge in [-0.25, -0.2) is 9.59 Å². The summed E-state index contributed by atoms with van der Waals surface area (Å²) in [6.45, 7) is 0. The number of rotatable bonds is 11. The monoisotopic (exact) mass is 922 g/mol. The molecule has 0 aromatic heterocycles. The molecule has 0 saturated heterocycles. The molecule has 0 aliphatic carbocycles. The van der Waals surface area contributed by atoms with Gasteiger partial charge < -0.3 is 18.6 Å². The average molecular weight is 923 g/mol. The summed E-state index contributed by atoms with van der Waals surface area (Å²) in [6.07, 6.45) is 0. The largest absolute Gasteiger partial charge is 0.465 e. The number of hydrogen-bond donors (Lipinski definition) is 0. The third-order valence-electron chi connectivity index (χ3n) is 12.7. The van der Waals surface area contributed by atoms with Gasteiger partial charge in [0.05, 0.1) is 25.3 Å². The molecule has 8 heteroatoms. The molecule has 0 fully saturated rings. The Labute approximate surface area is 395 Å². The van der Waals surface area contributed by atoms with Crippen LogP contribution in [0.1, 0.15) is 20.7 Å². The smallest absolute Gasteiger partial charge is 0.337 e. The number of ether oxygens (including phenoxy) is 2. The lowest BCUT2D eigenvalue weighted by Gasteiger charge is -2.30. The van der Waals surface area contributed by atoms with Gasteiger partial charge >= 0.3 is 11.9 Å². The van der Waals surface area contributed by atoms with Gasteiger partial charge in [0.25, 0.3) is 0 Å². The van der Waals surface area contributed by atoms with Crippen molar-refractivity contribution in [1.82, 2.24) is 0 Å². The van der Waals surface area contributed by atoms with Crippen LogP contribution in [-0.4, -0.2) is 26.2 Å². The highest BCUT2D eigenvalue weighted by Gasteiger charge is 2.39. The van der Waals surface area contributed by atoms with Crippen LogP contribution in [0.4, 0.5) is 0 Å². The van der Waals surface area contributed by atoms with Crippen molar-refractivity contribution in [2.45, 2.75) is 0 Å². The summed E-state index contributed by atoms with van der Waals surface area (Å²) < 4.78 is 44.7. The van der Waals surface area contributed by atoms with Gasteiger partial charge in [0, 0.05) is 43.0 Å². The van der Waals surface area contributed by atoms with Gasteiger partial charge in [-0.1, -0.05) is 194 Å². The molecule has 0 saturated carbocycles. The third-order valence-corrected chi connectivity index (χ3v) is 18.9. The molecule has 68 heavy (non-hydrogen) atoms. The van der Waals surface area contributed by atoms with Gasteiger partial charge in [-0.05, 0) is 80.2 Å². The van der Waals surface area contributed by atoms with Crippen molar-refractivity contribution in [2.24, 2.45) is 0 Å². The summed E-state index contributed by atoms with van der Waals surface area (Å²) >= 11 is 0. The molecule has 0 atom stereocenters. The van der Waals surface area contributed by atoms with Crippen molar-refractivity contribution >= 4 is 79.6 Å². The van der Waals surface area contributed by atoms with Crippen LogP contribution in [0.25, 0.3) is 54.9 Å². The molecule has 0 aliphatic rings. The van der Waals surface area contributed by atoms with Crippen molar-refractivity contribution < 1.29 is 28.2 Å². The van der Waals surface area contributed by atoms with Crippen molar-refractivity contribution in [1.29, 1.82) is 0 Å². The summed E-state index contributed by atoms with van der Waals surface area (Å²) in [5.41, 5.74) is 5.44. The van der Waals surface area contributed by atoms with E-state index >= 15 is 9.13 Å². The van der Waals surface area contributed by atoms with Crippen LogP contribution in [0.3, 0.4) is 0 Å². The van der Waals surface area contributed by atoms with E-state index in [1.165, 1.54) is 14.2 Å². The summed E-state index contributed by atoms with van der Waals surface area (Å²) in [4.78, 5) is 25.3. The van der Waals surface area contributed by atoms with Gasteiger partial charge in [0.1, 0.15) is 0 Å². The zero-order chi connectivity index (χ0) is 46.8. The highest BCUT2D eigenvalue weighted by atomic mass is 31.2. The quantitative estimate of drug-likeness (QED) is 0.0949. The molecular weight excluding hydrogens is 879 g/mol. The molecule has 0 heterocycles. The first kappa shape index (κ1) is 44.0. The molecule has 0 N–H and O–H groups in total. The van der Waals surface area contributed by atoms with E-state index in [0.717, 1.165) is 43.8 Å². The predicted molar refractivity (Wildman–Crippen MR) is 279 cm³/mol. The molecule has 0 spiro atoms. The zero-order valence-corrected chi connectivity index (χ0v) is 39.1. The fourth-order valence-electron chi connectivity index (χ4n) is 9.43. The molecular formula is C60H44O6P2. The molecule has 0 amide bonds. The standard InChI is InChI=1S/C60H44O6P2/c1-65-59(61)43-35-31-41(32-36-43)53-39-55(67(63,45-19-7-3-8-20-45)46-21-9-4-10-22-46)57(51-29-17-15-27-49(51)53)58-52-30-18-16-28-50(52)54(42-33-37-44(38-34-42)60(62)66-2)40-56(58)68(64,47-23-11-5-12-24-47)48-25-13-6-14-26-48/h3-40H,1-2H3. The van der Waals surface area contributed by atoms with E-state index < -0.39 is 26.2 Å². The van der Waals surface area contributed by atoms with Crippen molar-refractivity contribution in [2.75, 3.05) is 14.2 Å². The number of benzene rings is 10. The summed E-state index contributed by atoms with van der Waals surface area (Å²) in [5.74, 6) is -0.891. The minimum atomic E-state index is -3.85. The molecule has 10 aromatic carbocycles. The van der Waals surface area contributed by atoms with Gasteiger partial charge in [-0.15, -0.1) is 0 Å². The Morgan fingerprint density at radius 3 is 0.882 bits per heavy atom. The van der Waals surface area contributed by atoms with Gasteiger partial charge in [0.15, 0.2) is 14.3 Å². The van der Waals surface area contributed by atoms with Crippen LogP contribution >= 0.6 is 14.3 Å². The van der Waals surface area contributed by atoms with Gasteiger partial charge in [0.2, 0.25) is 0 Å².